The molecule has 0 aliphatic carbocycles. The lowest BCUT2D eigenvalue weighted by atomic mass is 9.92. The molecule has 1 aliphatic heterocycles. The molecule has 1 heterocycles. The van der Waals surface area contributed by atoms with Crippen molar-refractivity contribution in [3.05, 3.63) is 35.4 Å². The number of hydrogen-bond donors (Lipinski definition) is 1. The van der Waals surface area contributed by atoms with Gasteiger partial charge < -0.3 is 5.11 Å². The molecule has 1 fully saturated rings. The molecule has 122 valence electrons. The number of carboxylic acids is 1. The van der Waals surface area contributed by atoms with Gasteiger partial charge in [0, 0.05) is 12.6 Å². The summed E-state index contributed by atoms with van der Waals surface area (Å²) in [5.74, 6) is -0.840. The Morgan fingerprint density at radius 3 is 2.64 bits per heavy atom. The number of aliphatic carboxylic acids is 1. The van der Waals surface area contributed by atoms with Crippen LogP contribution in [0, 0.1) is 5.92 Å². The summed E-state index contributed by atoms with van der Waals surface area (Å²) in [6.45, 7) is 6.10. The summed E-state index contributed by atoms with van der Waals surface area (Å²) in [4.78, 5) is 13.7. The van der Waals surface area contributed by atoms with Crippen molar-refractivity contribution in [3.63, 3.8) is 0 Å². The average molecular weight is 303 g/mol. The van der Waals surface area contributed by atoms with Crippen LogP contribution in [-0.4, -0.2) is 29.1 Å². The lowest BCUT2D eigenvalue weighted by molar-refractivity contribution is -0.144. The fraction of sp³-hybridized carbons (Fsp3) is 0.632. The van der Waals surface area contributed by atoms with Gasteiger partial charge in [0.15, 0.2) is 0 Å². The lowest BCUT2D eigenvalue weighted by Gasteiger charge is -2.37. The van der Waals surface area contributed by atoms with Crippen molar-refractivity contribution < 1.29 is 9.90 Å². The minimum Gasteiger partial charge on any atom is -0.481 e. The second kappa shape index (κ2) is 8.33. The zero-order valence-corrected chi connectivity index (χ0v) is 13.9. The Kier molecular flexibility index (Phi) is 6.44. The van der Waals surface area contributed by atoms with E-state index in [2.05, 4.69) is 43.0 Å². The molecule has 1 saturated heterocycles. The van der Waals surface area contributed by atoms with Crippen LogP contribution in [0.1, 0.15) is 63.1 Å². The van der Waals surface area contributed by atoms with Gasteiger partial charge in [0.2, 0.25) is 0 Å². The number of hydrogen-bond acceptors (Lipinski definition) is 2. The van der Waals surface area contributed by atoms with E-state index in [4.69, 9.17) is 0 Å². The molecule has 0 amide bonds. The zero-order valence-electron chi connectivity index (χ0n) is 13.9. The number of carbonyl (C=O) groups is 1. The van der Waals surface area contributed by atoms with Gasteiger partial charge in [-0.05, 0) is 43.4 Å². The Morgan fingerprint density at radius 2 is 2.05 bits per heavy atom. The second-order valence-electron chi connectivity index (χ2n) is 6.43. The maximum Gasteiger partial charge on any atom is 0.307 e. The van der Waals surface area contributed by atoms with Gasteiger partial charge in [0.25, 0.3) is 0 Å². The number of likely N-dealkylation sites (tertiary alicyclic amines) is 1. The highest BCUT2D eigenvalue weighted by Crippen LogP contribution is 2.31. The normalized spacial score (nSPS) is 20.7. The van der Waals surface area contributed by atoms with E-state index < -0.39 is 5.97 Å². The molecule has 0 saturated carbocycles. The summed E-state index contributed by atoms with van der Waals surface area (Å²) in [6, 6.07) is 9.28. The standard InChI is InChI=1S/C19H29NO2/c1-3-5-8-18(16-11-9-15(4-2)10-12-16)20-13-6-7-17(14-20)19(21)22/h9-12,17-18H,3-8,13-14H2,1-2H3,(H,21,22). The molecule has 1 aromatic carbocycles. The van der Waals surface area contributed by atoms with Gasteiger partial charge in [0.1, 0.15) is 0 Å². The number of nitrogens with zero attached hydrogens (tertiary/aromatic N) is 1. The van der Waals surface area contributed by atoms with E-state index in [-0.39, 0.29) is 5.92 Å². The second-order valence-corrected chi connectivity index (χ2v) is 6.43. The van der Waals surface area contributed by atoms with Crippen molar-refractivity contribution in [2.75, 3.05) is 13.1 Å². The highest BCUT2D eigenvalue weighted by molar-refractivity contribution is 5.70. The molecular formula is C19H29NO2. The Morgan fingerprint density at radius 1 is 1.32 bits per heavy atom. The molecule has 2 atom stereocenters. The minimum absolute atomic E-state index is 0.201. The molecule has 3 nitrogen and oxygen atoms in total. The third-order valence-corrected chi connectivity index (χ3v) is 4.85. The van der Waals surface area contributed by atoms with E-state index in [1.807, 2.05) is 0 Å². The van der Waals surface area contributed by atoms with Gasteiger partial charge in [-0.3, -0.25) is 9.69 Å². The van der Waals surface area contributed by atoms with E-state index in [1.54, 1.807) is 0 Å². The molecule has 22 heavy (non-hydrogen) atoms. The van der Waals surface area contributed by atoms with Crippen LogP contribution in [-0.2, 0) is 11.2 Å². The molecule has 0 spiro atoms. The van der Waals surface area contributed by atoms with Crippen molar-refractivity contribution in [2.45, 2.75) is 58.4 Å². The average Bonchev–Trinajstić information content (AvgIpc) is 2.56. The van der Waals surface area contributed by atoms with Gasteiger partial charge >= 0.3 is 5.97 Å². The van der Waals surface area contributed by atoms with Crippen LogP contribution in [0.15, 0.2) is 24.3 Å². The summed E-state index contributed by atoms with van der Waals surface area (Å²) < 4.78 is 0. The molecular weight excluding hydrogens is 274 g/mol. The first-order valence-corrected chi connectivity index (χ1v) is 8.71. The molecule has 2 rings (SSSR count). The predicted molar refractivity (Wildman–Crippen MR) is 90.0 cm³/mol. The van der Waals surface area contributed by atoms with E-state index in [0.717, 1.165) is 32.2 Å². The van der Waals surface area contributed by atoms with Gasteiger partial charge in [-0.2, -0.15) is 0 Å². The summed E-state index contributed by atoms with van der Waals surface area (Å²) in [5.41, 5.74) is 2.71. The first kappa shape index (κ1) is 17.0. The van der Waals surface area contributed by atoms with Crippen molar-refractivity contribution in [3.8, 4) is 0 Å². The number of piperidine rings is 1. The molecule has 0 radical (unpaired) electrons. The number of benzene rings is 1. The van der Waals surface area contributed by atoms with Crippen LogP contribution in [0.5, 0.6) is 0 Å². The van der Waals surface area contributed by atoms with Crippen molar-refractivity contribution in [1.29, 1.82) is 0 Å². The van der Waals surface area contributed by atoms with E-state index >= 15 is 0 Å². The van der Waals surface area contributed by atoms with E-state index in [0.29, 0.717) is 12.6 Å². The molecule has 1 aromatic rings. The van der Waals surface area contributed by atoms with Crippen molar-refractivity contribution in [2.24, 2.45) is 5.92 Å². The van der Waals surface area contributed by atoms with Gasteiger partial charge in [-0.25, -0.2) is 0 Å². The Hall–Kier alpha value is -1.35. The number of aryl methyl sites for hydroxylation is 1. The van der Waals surface area contributed by atoms with E-state index in [9.17, 15) is 9.90 Å². The van der Waals surface area contributed by atoms with Crippen LogP contribution in [0.2, 0.25) is 0 Å². The summed E-state index contributed by atoms with van der Waals surface area (Å²) in [6.07, 6.45) is 6.36. The smallest absolute Gasteiger partial charge is 0.307 e. The SMILES string of the molecule is CCCCC(c1ccc(CC)cc1)N1CCCC(C(=O)O)C1. The fourth-order valence-corrected chi connectivity index (χ4v) is 3.42. The highest BCUT2D eigenvalue weighted by atomic mass is 16.4. The number of carboxylic acid groups (broad SMARTS) is 1. The first-order chi connectivity index (χ1) is 10.7. The molecule has 1 aliphatic rings. The fourth-order valence-electron chi connectivity index (χ4n) is 3.42. The van der Waals surface area contributed by atoms with Crippen LogP contribution >= 0.6 is 0 Å². The Bertz CT molecular complexity index is 469. The zero-order chi connectivity index (χ0) is 15.9. The third-order valence-electron chi connectivity index (χ3n) is 4.85. The van der Waals surface area contributed by atoms with Crippen LogP contribution < -0.4 is 0 Å². The molecule has 0 bridgehead atoms. The van der Waals surface area contributed by atoms with Crippen LogP contribution in [0.25, 0.3) is 0 Å². The van der Waals surface area contributed by atoms with Gasteiger partial charge in [0.05, 0.1) is 5.92 Å². The quantitative estimate of drug-likeness (QED) is 0.817. The van der Waals surface area contributed by atoms with Gasteiger partial charge in [-0.15, -0.1) is 0 Å². The van der Waals surface area contributed by atoms with Crippen molar-refractivity contribution >= 4 is 5.97 Å². The summed E-state index contributed by atoms with van der Waals surface area (Å²) in [5, 5.41) is 9.33. The van der Waals surface area contributed by atoms with Crippen LogP contribution in [0.4, 0.5) is 0 Å². The Labute approximate surface area is 134 Å². The molecule has 1 N–H and O–H groups in total. The Balaban J connectivity index is 2.15. The van der Waals surface area contributed by atoms with Crippen molar-refractivity contribution in [1.82, 2.24) is 4.90 Å². The van der Waals surface area contributed by atoms with Gasteiger partial charge in [-0.1, -0.05) is 51.0 Å². The number of unbranched alkanes of at least 4 members (excludes halogenated alkanes) is 1. The summed E-state index contributed by atoms with van der Waals surface area (Å²) in [7, 11) is 0. The largest absolute Gasteiger partial charge is 0.481 e. The first-order valence-electron chi connectivity index (χ1n) is 8.71. The lowest BCUT2D eigenvalue weighted by Crippen LogP contribution is -2.40. The molecule has 0 aromatic heterocycles. The maximum atomic E-state index is 11.3. The summed E-state index contributed by atoms with van der Waals surface area (Å²) >= 11 is 0. The maximum absolute atomic E-state index is 11.3. The molecule has 2 unspecified atom stereocenters. The number of rotatable bonds is 7. The van der Waals surface area contributed by atoms with Crippen LogP contribution in [0.3, 0.4) is 0 Å². The van der Waals surface area contributed by atoms with E-state index in [1.165, 1.54) is 24.0 Å². The predicted octanol–water partition coefficient (Wildman–Crippen LogP) is 4.28. The molecule has 3 heteroatoms. The third kappa shape index (κ3) is 4.33. The minimum atomic E-state index is -0.639. The highest BCUT2D eigenvalue weighted by Gasteiger charge is 2.30. The monoisotopic (exact) mass is 303 g/mol. The topological polar surface area (TPSA) is 40.5 Å².